The SMILES string of the molecule is CC(N)C(Sc1ncnc2ccccc12)c1ccccc1. The van der Waals surface area contributed by atoms with E-state index in [1.807, 2.05) is 43.3 Å². The van der Waals surface area contributed by atoms with Gasteiger partial charge in [-0.15, -0.1) is 0 Å². The maximum Gasteiger partial charge on any atom is 0.117 e. The van der Waals surface area contributed by atoms with Crippen LogP contribution < -0.4 is 5.73 Å². The van der Waals surface area contributed by atoms with Gasteiger partial charge in [0.15, 0.2) is 0 Å². The van der Waals surface area contributed by atoms with Crippen LogP contribution in [0.3, 0.4) is 0 Å². The fraction of sp³-hybridized carbons (Fsp3) is 0.176. The first-order valence-electron chi connectivity index (χ1n) is 6.92. The lowest BCUT2D eigenvalue weighted by molar-refractivity contribution is 0.720. The first-order valence-corrected chi connectivity index (χ1v) is 7.80. The molecule has 0 aliphatic carbocycles. The van der Waals surface area contributed by atoms with Gasteiger partial charge in [-0.05, 0) is 18.6 Å². The topological polar surface area (TPSA) is 51.8 Å². The second-order valence-corrected chi connectivity index (χ2v) is 6.13. The lowest BCUT2D eigenvalue weighted by atomic mass is 10.1. The molecule has 0 amide bonds. The Morgan fingerprint density at radius 1 is 0.952 bits per heavy atom. The lowest BCUT2D eigenvalue weighted by Crippen LogP contribution is -2.22. The maximum atomic E-state index is 6.20. The van der Waals surface area contributed by atoms with E-state index in [-0.39, 0.29) is 11.3 Å². The molecular formula is C17H17N3S. The highest BCUT2D eigenvalue weighted by atomic mass is 32.2. The molecule has 0 fully saturated rings. The summed E-state index contributed by atoms with van der Waals surface area (Å²) in [5.41, 5.74) is 8.38. The summed E-state index contributed by atoms with van der Waals surface area (Å²) >= 11 is 1.70. The van der Waals surface area contributed by atoms with Crippen LogP contribution in [-0.2, 0) is 0 Å². The quantitative estimate of drug-likeness (QED) is 0.587. The number of fused-ring (bicyclic) bond motifs is 1. The number of hydrogen-bond donors (Lipinski definition) is 1. The summed E-state index contributed by atoms with van der Waals surface area (Å²) in [7, 11) is 0. The van der Waals surface area contributed by atoms with E-state index in [9.17, 15) is 0 Å². The molecule has 0 radical (unpaired) electrons. The second-order valence-electron chi connectivity index (χ2n) is 5.00. The van der Waals surface area contributed by atoms with Gasteiger partial charge in [0.1, 0.15) is 11.4 Å². The molecule has 0 aliphatic rings. The fourth-order valence-corrected chi connectivity index (χ4v) is 3.47. The molecule has 1 aromatic heterocycles. The van der Waals surface area contributed by atoms with Crippen molar-refractivity contribution in [3.05, 3.63) is 66.5 Å². The summed E-state index contributed by atoms with van der Waals surface area (Å²) in [5, 5.41) is 2.22. The number of thioether (sulfide) groups is 1. The highest BCUT2D eigenvalue weighted by Crippen LogP contribution is 2.38. The highest BCUT2D eigenvalue weighted by Gasteiger charge is 2.19. The van der Waals surface area contributed by atoms with E-state index in [4.69, 9.17) is 5.73 Å². The van der Waals surface area contributed by atoms with Crippen LogP contribution in [0.2, 0.25) is 0 Å². The molecule has 1 heterocycles. The molecule has 3 aromatic rings. The lowest BCUT2D eigenvalue weighted by Gasteiger charge is -2.20. The Hall–Kier alpha value is -1.91. The van der Waals surface area contributed by atoms with E-state index >= 15 is 0 Å². The van der Waals surface area contributed by atoms with Crippen molar-refractivity contribution in [1.29, 1.82) is 0 Å². The molecule has 2 atom stereocenters. The van der Waals surface area contributed by atoms with Gasteiger partial charge in [0, 0.05) is 11.4 Å². The zero-order valence-electron chi connectivity index (χ0n) is 11.8. The van der Waals surface area contributed by atoms with E-state index in [1.165, 1.54) is 5.56 Å². The minimum absolute atomic E-state index is 0.0335. The van der Waals surface area contributed by atoms with Crippen LogP contribution in [0.15, 0.2) is 66.0 Å². The van der Waals surface area contributed by atoms with Gasteiger partial charge in [-0.2, -0.15) is 0 Å². The Balaban J connectivity index is 1.99. The molecule has 2 N–H and O–H groups in total. The van der Waals surface area contributed by atoms with Crippen LogP contribution in [0.1, 0.15) is 17.7 Å². The predicted octanol–water partition coefficient (Wildman–Crippen LogP) is 3.81. The molecule has 3 rings (SSSR count). The number of hydrogen-bond acceptors (Lipinski definition) is 4. The second kappa shape index (κ2) is 6.24. The third kappa shape index (κ3) is 3.06. The number of benzene rings is 2. The Kier molecular flexibility index (Phi) is 4.18. The minimum Gasteiger partial charge on any atom is -0.327 e. The summed E-state index contributed by atoms with van der Waals surface area (Å²) in [5.74, 6) is 0. The van der Waals surface area contributed by atoms with Crippen LogP contribution in [0.25, 0.3) is 10.9 Å². The largest absolute Gasteiger partial charge is 0.327 e. The van der Waals surface area contributed by atoms with Crippen molar-refractivity contribution in [2.75, 3.05) is 0 Å². The van der Waals surface area contributed by atoms with Gasteiger partial charge in [0.25, 0.3) is 0 Å². The van der Waals surface area contributed by atoms with Gasteiger partial charge in [-0.25, -0.2) is 9.97 Å². The van der Waals surface area contributed by atoms with E-state index in [0.717, 1.165) is 15.9 Å². The standard InChI is InChI=1S/C17H17N3S/c1-12(18)16(13-7-3-2-4-8-13)21-17-14-9-5-6-10-15(14)19-11-20-17/h2-12,16H,18H2,1H3. The maximum absolute atomic E-state index is 6.20. The van der Waals surface area contributed by atoms with Crippen molar-refractivity contribution in [2.24, 2.45) is 5.73 Å². The molecule has 106 valence electrons. The summed E-state index contributed by atoms with van der Waals surface area (Å²) in [6.07, 6.45) is 1.62. The Morgan fingerprint density at radius 2 is 1.67 bits per heavy atom. The summed E-state index contributed by atoms with van der Waals surface area (Å²) in [6.45, 7) is 2.04. The minimum atomic E-state index is 0.0335. The van der Waals surface area contributed by atoms with E-state index in [2.05, 4.69) is 28.2 Å². The van der Waals surface area contributed by atoms with Crippen molar-refractivity contribution in [1.82, 2.24) is 9.97 Å². The zero-order chi connectivity index (χ0) is 14.7. The van der Waals surface area contributed by atoms with Gasteiger partial charge >= 0.3 is 0 Å². The van der Waals surface area contributed by atoms with Gasteiger partial charge in [-0.3, -0.25) is 0 Å². The van der Waals surface area contributed by atoms with Gasteiger partial charge in [-0.1, -0.05) is 60.3 Å². The van der Waals surface area contributed by atoms with Crippen molar-refractivity contribution in [3.8, 4) is 0 Å². The Morgan fingerprint density at radius 3 is 2.43 bits per heavy atom. The van der Waals surface area contributed by atoms with Crippen molar-refractivity contribution < 1.29 is 0 Å². The van der Waals surface area contributed by atoms with Crippen molar-refractivity contribution >= 4 is 22.7 Å². The first-order chi connectivity index (χ1) is 10.3. The predicted molar refractivity (Wildman–Crippen MR) is 88.2 cm³/mol. The number of nitrogens with two attached hydrogens (primary N) is 1. The molecule has 0 spiro atoms. The van der Waals surface area contributed by atoms with Crippen LogP contribution in [-0.4, -0.2) is 16.0 Å². The van der Waals surface area contributed by atoms with Gasteiger partial charge in [0.2, 0.25) is 0 Å². The van der Waals surface area contributed by atoms with Crippen LogP contribution >= 0.6 is 11.8 Å². The Bertz CT molecular complexity index is 723. The van der Waals surface area contributed by atoms with E-state index < -0.39 is 0 Å². The number of para-hydroxylation sites is 1. The van der Waals surface area contributed by atoms with Gasteiger partial charge in [0.05, 0.1) is 10.8 Å². The molecule has 0 saturated carbocycles. The summed E-state index contributed by atoms with van der Waals surface area (Å²) in [6, 6.07) is 18.4. The molecule has 0 bridgehead atoms. The molecular weight excluding hydrogens is 278 g/mol. The zero-order valence-corrected chi connectivity index (χ0v) is 12.6. The number of aromatic nitrogens is 2. The van der Waals surface area contributed by atoms with Gasteiger partial charge < -0.3 is 5.73 Å². The summed E-state index contributed by atoms with van der Waals surface area (Å²) in [4.78, 5) is 8.76. The summed E-state index contributed by atoms with van der Waals surface area (Å²) < 4.78 is 0. The normalized spacial score (nSPS) is 14.0. The van der Waals surface area contributed by atoms with Crippen molar-refractivity contribution in [3.63, 3.8) is 0 Å². The van der Waals surface area contributed by atoms with Crippen LogP contribution in [0.5, 0.6) is 0 Å². The van der Waals surface area contributed by atoms with Crippen LogP contribution in [0, 0.1) is 0 Å². The molecule has 0 saturated heterocycles. The average molecular weight is 295 g/mol. The molecule has 4 heteroatoms. The highest BCUT2D eigenvalue weighted by molar-refractivity contribution is 7.99. The molecule has 2 unspecified atom stereocenters. The number of rotatable bonds is 4. The molecule has 21 heavy (non-hydrogen) atoms. The Labute approximate surface area is 128 Å². The van der Waals surface area contributed by atoms with Crippen LogP contribution in [0.4, 0.5) is 0 Å². The molecule has 0 aliphatic heterocycles. The number of nitrogens with zero attached hydrogens (tertiary/aromatic N) is 2. The van der Waals surface area contributed by atoms with E-state index in [0.29, 0.717) is 0 Å². The third-order valence-electron chi connectivity index (χ3n) is 3.35. The fourth-order valence-electron chi connectivity index (χ4n) is 2.32. The average Bonchev–Trinajstić information content (AvgIpc) is 2.53. The van der Waals surface area contributed by atoms with E-state index in [1.54, 1.807) is 18.1 Å². The van der Waals surface area contributed by atoms with Crippen molar-refractivity contribution in [2.45, 2.75) is 23.2 Å². The first kappa shape index (κ1) is 14.0. The monoisotopic (exact) mass is 295 g/mol. The molecule has 2 aromatic carbocycles. The molecule has 3 nitrogen and oxygen atoms in total. The smallest absolute Gasteiger partial charge is 0.117 e. The third-order valence-corrected chi connectivity index (χ3v) is 4.85.